The maximum absolute atomic E-state index is 11.4. The van der Waals surface area contributed by atoms with Gasteiger partial charge in [-0.05, 0) is 19.9 Å². The van der Waals surface area contributed by atoms with Gasteiger partial charge >= 0.3 is 0 Å². The molecule has 6 heteroatoms. The van der Waals surface area contributed by atoms with Crippen LogP contribution in [0.25, 0.3) is 0 Å². The van der Waals surface area contributed by atoms with Crippen LogP contribution in [-0.2, 0) is 16.1 Å². The van der Waals surface area contributed by atoms with Gasteiger partial charge in [-0.1, -0.05) is 0 Å². The summed E-state index contributed by atoms with van der Waals surface area (Å²) in [4.78, 5) is 17.5. The Bertz CT molecular complexity index is 368. The molecule has 0 bridgehead atoms. The molecule has 0 atom stereocenters. The fourth-order valence-electron chi connectivity index (χ4n) is 1.55. The second kappa shape index (κ2) is 8.18. The highest BCUT2D eigenvalue weighted by Crippen LogP contribution is 2.20. The number of ether oxygens (including phenoxy) is 1. The van der Waals surface area contributed by atoms with E-state index in [1.54, 1.807) is 18.9 Å². The molecule has 0 saturated carbocycles. The number of nitrogens with zero attached hydrogens (tertiary/aromatic N) is 2. The van der Waals surface area contributed by atoms with Gasteiger partial charge in [0.15, 0.2) is 5.13 Å². The molecule has 0 spiro atoms. The topological polar surface area (TPSA) is 54.5 Å². The number of carbonyl (C=O) groups excluding carboxylic acids is 1. The summed E-state index contributed by atoms with van der Waals surface area (Å²) in [7, 11) is 1.70. The fraction of sp³-hybridized carbons (Fsp3) is 0.667. The largest absolute Gasteiger partial charge is 0.385 e. The highest BCUT2D eigenvalue weighted by Gasteiger charge is 2.12. The molecular weight excluding hydrogens is 250 g/mol. The smallest absolute Gasteiger partial charge is 0.225 e. The van der Waals surface area contributed by atoms with Crippen LogP contribution in [0, 0.1) is 0 Å². The second-order valence-electron chi connectivity index (χ2n) is 3.91. The molecular formula is C12H21N3O2S. The van der Waals surface area contributed by atoms with Crippen LogP contribution >= 0.6 is 11.3 Å². The zero-order valence-corrected chi connectivity index (χ0v) is 12.0. The van der Waals surface area contributed by atoms with Crippen molar-refractivity contribution >= 4 is 22.4 Å². The number of carbonyl (C=O) groups is 1. The Kier molecular flexibility index (Phi) is 6.85. The number of rotatable bonds is 8. The molecule has 0 aliphatic carbocycles. The van der Waals surface area contributed by atoms with Crippen molar-refractivity contribution in [3.63, 3.8) is 0 Å². The van der Waals surface area contributed by atoms with Crippen LogP contribution in [0.4, 0.5) is 5.13 Å². The third kappa shape index (κ3) is 4.72. The highest BCUT2D eigenvalue weighted by atomic mass is 32.1. The van der Waals surface area contributed by atoms with Crippen molar-refractivity contribution < 1.29 is 9.53 Å². The Morgan fingerprint density at radius 2 is 2.39 bits per heavy atom. The lowest BCUT2D eigenvalue weighted by molar-refractivity contribution is -0.116. The molecule has 1 N–H and O–H groups in total. The zero-order valence-electron chi connectivity index (χ0n) is 11.2. The van der Waals surface area contributed by atoms with E-state index in [1.165, 1.54) is 11.3 Å². The van der Waals surface area contributed by atoms with E-state index >= 15 is 0 Å². The maximum atomic E-state index is 11.4. The van der Waals surface area contributed by atoms with E-state index in [2.05, 4.69) is 10.3 Å². The Labute approximate surface area is 112 Å². The predicted octanol–water partition coefficient (Wildman–Crippen LogP) is 1.64. The number of anilines is 1. The Morgan fingerprint density at radius 1 is 1.61 bits per heavy atom. The first-order valence-electron chi connectivity index (χ1n) is 6.11. The average Bonchev–Trinajstić information content (AvgIpc) is 2.78. The average molecular weight is 271 g/mol. The number of hydrogen-bond donors (Lipinski definition) is 1. The van der Waals surface area contributed by atoms with Gasteiger partial charge < -0.3 is 10.1 Å². The first kappa shape index (κ1) is 15.1. The van der Waals surface area contributed by atoms with Crippen molar-refractivity contribution in [1.29, 1.82) is 0 Å². The minimum atomic E-state index is 0.0338. The molecule has 0 radical (unpaired) electrons. The van der Waals surface area contributed by atoms with E-state index < -0.39 is 0 Å². The number of amides is 1. The first-order valence-corrected chi connectivity index (χ1v) is 6.99. The third-order valence-electron chi connectivity index (χ3n) is 2.47. The Balaban J connectivity index is 2.40. The lowest BCUT2D eigenvalue weighted by Crippen LogP contribution is -2.27. The fourth-order valence-corrected chi connectivity index (χ4v) is 2.48. The van der Waals surface area contributed by atoms with Crippen LogP contribution < -0.4 is 10.2 Å². The molecule has 5 nitrogen and oxygen atoms in total. The summed E-state index contributed by atoms with van der Waals surface area (Å²) < 4.78 is 4.97. The summed E-state index contributed by atoms with van der Waals surface area (Å²) in [6, 6.07) is 0. The number of thiazole rings is 1. The standard InChI is InChI=1S/C12H21N3O2S/c1-4-15(10(2)16)12-14-11(9-18-12)8-13-6-5-7-17-3/h9,13H,4-8H2,1-3H3. The zero-order chi connectivity index (χ0) is 13.4. The van der Waals surface area contributed by atoms with E-state index in [4.69, 9.17) is 4.74 Å². The van der Waals surface area contributed by atoms with Crippen LogP contribution in [-0.4, -0.2) is 37.7 Å². The van der Waals surface area contributed by atoms with Crippen molar-refractivity contribution in [2.75, 3.05) is 31.7 Å². The molecule has 0 aliphatic heterocycles. The molecule has 102 valence electrons. The van der Waals surface area contributed by atoms with E-state index in [-0.39, 0.29) is 5.91 Å². The molecule has 0 fully saturated rings. The van der Waals surface area contributed by atoms with Crippen molar-refractivity contribution in [3.05, 3.63) is 11.1 Å². The van der Waals surface area contributed by atoms with Crippen LogP contribution in [0.2, 0.25) is 0 Å². The monoisotopic (exact) mass is 271 g/mol. The van der Waals surface area contributed by atoms with Crippen LogP contribution in [0.1, 0.15) is 26.0 Å². The van der Waals surface area contributed by atoms with Crippen molar-refractivity contribution in [2.45, 2.75) is 26.8 Å². The lowest BCUT2D eigenvalue weighted by atomic mass is 10.4. The van der Waals surface area contributed by atoms with Crippen molar-refractivity contribution in [2.24, 2.45) is 0 Å². The molecule has 1 heterocycles. The van der Waals surface area contributed by atoms with Crippen molar-refractivity contribution in [1.82, 2.24) is 10.3 Å². The van der Waals surface area contributed by atoms with E-state index in [0.29, 0.717) is 6.54 Å². The van der Waals surface area contributed by atoms with E-state index in [1.807, 2.05) is 12.3 Å². The summed E-state index contributed by atoms with van der Waals surface area (Å²) in [5, 5.41) is 6.06. The number of methoxy groups -OCH3 is 1. The Hall–Kier alpha value is -0.980. The molecule has 18 heavy (non-hydrogen) atoms. The van der Waals surface area contributed by atoms with Gasteiger partial charge in [-0.25, -0.2) is 4.98 Å². The highest BCUT2D eigenvalue weighted by molar-refractivity contribution is 7.14. The summed E-state index contributed by atoms with van der Waals surface area (Å²) in [6.07, 6.45) is 0.988. The van der Waals surface area contributed by atoms with E-state index in [0.717, 1.165) is 36.9 Å². The summed E-state index contributed by atoms with van der Waals surface area (Å²) in [6.45, 7) is 6.58. The van der Waals surface area contributed by atoms with Crippen molar-refractivity contribution in [3.8, 4) is 0 Å². The lowest BCUT2D eigenvalue weighted by Gasteiger charge is -2.14. The minimum Gasteiger partial charge on any atom is -0.385 e. The molecule has 0 aromatic carbocycles. The number of aromatic nitrogens is 1. The van der Waals surface area contributed by atoms with Crippen LogP contribution in [0.5, 0.6) is 0 Å². The maximum Gasteiger partial charge on any atom is 0.225 e. The van der Waals surface area contributed by atoms with Gasteiger partial charge in [-0.15, -0.1) is 11.3 Å². The molecule has 0 unspecified atom stereocenters. The molecule has 1 rings (SSSR count). The number of nitrogens with one attached hydrogen (secondary N) is 1. The van der Waals surface area contributed by atoms with Gasteiger partial charge in [-0.3, -0.25) is 9.69 Å². The summed E-state index contributed by atoms with van der Waals surface area (Å²) in [5.41, 5.74) is 0.979. The Morgan fingerprint density at radius 3 is 3.00 bits per heavy atom. The van der Waals surface area contributed by atoms with Gasteiger partial charge in [0.2, 0.25) is 5.91 Å². The predicted molar refractivity (Wildman–Crippen MR) is 74.0 cm³/mol. The first-order chi connectivity index (χ1) is 8.69. The van der Waals surface area contributed by atoms with Gasteiger partial charge in [0.25, 0.3) is 0 Å². The van der Waals surface area contributed by atoms with E-state index in [9.17, 15) is 4.79 Å². The molecule has 1 amide bonds. The van der Waals surface area contributed by atoms with Gasteiger partial charge in [0, 0.05) is 39.1 Å². The second-order valence-corrected chi connectivity index (χ2v) is 4.74. The SMILES string of the molecule is CCN(C(C)=O)c1nc(CNCCCOC)cs1. The molecule has 0 aliphatic rings. The minimum absolute atomic E-state index is 0.0338. The summed E-state index contributed by atoms with van der Waals surface area (Å²) in [5.74, 6) is 0.0338. The molecule has 1 aromatic heterocycles. The molecule has 1 aromatic rings. The van der Waals surface area contributed by atoms with Gasteiger partial charge in [0.1, 0.15) is 0 Å². The van der Waals surface area contributed by atoms with Crippen LogP contribution in [0.3, 0.4) is 0 Å². The number of hydrogen-bond acceptors (Lipinski definition) is 5. The third-order valence-corrected chi connectivity index (χ3v) is 3.39. The molecule has 0 saturated heterocycles. The van der Waals surface area contributed by atoms with Gasteiger partial charge in [0.05, 0.1) is 5.69 Å². The quantitative estimate of drug-likeness (QED) is 0.730. The normalized spacial score (nSPS) is 10.6. The van der Waals surface area contributed by atoms with Crippen LogP contribution in [0.15, 0.2) is 5.38 Å². The van der Waals surface area contributed by atoms with Gasteiger partial charge in [-0.2, -0.15) is 0 Å². The summed E-state index contributed by atoms with van der Waals surface area (Å²) >= 11 is 1.51.